The van der Waals surface area contributed by atoms with E-state index in [1.807, 2.05) is 13.1 Å². The lowest BCUT2D eigenvalue weighted by molar-refractivity contribution is 0.101. The van der Waals surface area contributed by atoms with Crippen LogP contribution in [0.3, 0.4) is 0 Å². The van der Waals surface area contributed by atoms with Gasteiger partial charge in [0, 0.05) is 31.9 Å². The van der Waals surface area contributed by atoms with Crippen molar-refractivity contribution in [3.05, 3.63) is 23.7 Å². The summed E-state index contributed by atoms with van der Waals surface area (Å²) in [7, 11) is 1.78. The lowest BCUT2D eigenvalue weighted by atomic mass is 10.1. The maximum absolute atomic E-state index is 9.65. The molecule has 0 saturated heterocycles. The van der Waals surface area contributed by atoms with Crippen molar-refractivity contribution in [2.75, 3.05) is 24.4 Å². The largest absolute Gasteiger partial charge is 0.396 e. The molecule has 0 bridgehead atoms. The summed E-state index contributed by atoms with van der Waals surface area (Å²) in [6.45, 7) is 2.29. The number of methoxy groups -OCH3 is 1. The molecule has 9 heteroatoms. The summed E-state index contributed by atoms with van der Waals surface area (Å²) in [6.07, 6.45) is 10.8. The summed E-state index contributed by atoms with van der Waals surface area (Å²) < 4.78 is 6.85. The zero-order valence-electron chi connectivity index (χ0n) is 20.5. The molecule has 0 aromatic carbocycles. The fraction of sp³-hybridized carbons (Fsp3) is 0.615. The number of aliphatic hydroxyl groups excluding tert-OH is 1. The molecule has 0 amide bonds. The van der Waals surface area contributed by atoms with Gasteiger partial charge in [-0.15, -0.1) is 11.3 Å². The highest BCUT2D eigenvalue weighted by Crippen LogP contribution is 2.44. The molecule has 4 unspecified atom stereocenters. The van der Waals surface area contributed by atoms with Crippen LogP contribution in [0.5, 0.6) is 0 Å². The number of hydrogen-bond acceptors (Lipinski definition) is 9. The van der Waals surface area contributed by atoms with Crippen molar-refractivity contribution in [1.82, 2.24) is 19.9 Å². The van der Waals surface area contributed by atoms with Crippen molar-refractivity contribution in [2.45, 2.75) is 82.4 Å². The molecular formula is C26H34N6O2S. The molecule has 3 aromatic heterocycles. The van der Waals surface area contributed by atoms with Gasteiger partial charge in [0.05, 0.1) is 33.8 Å². The van der Waals surface area contributed by atoms with Gasteiger partial charge in [0.2, 0.25) is 5.95 Å². The summed E-state index contributed by atoms with van der Waals surface area (Å²) >= 11 is 1.69. The highest BCUT2D eigenvalue weighted by molar-refractivity contribution is 7.21. The lowest BCUT2D eigenvalue weighted by Gasteiger charge is -2.22. The number of aliphatic hydroxyl groups is 1. The van der Waals surface area contributed by atoms with Gasteiger partial charge in [0.1, 0.15) is 16.3 Å². The molecule has 6 rings (SSSR count). The van der Waals surface area contributed by atoms with Gasteiger partial charge in [-0.2, -0.15) is 4.98 Å². The number of rotatable bonds is 8. The highest BCUT2D eigenvalue weighted by Gasteiger charge is 2.31. The minimum Gasteiger partial charge on any atom is -0.396 e. The molecule has 35 heavy (non-hydrogen) atoms. The van der Waals surface area contributed by atoms with Crippen LogP contribution in [0.25, 0.3) is 20.8 Å². The van der Waals surface area contributed by atoms with Gasteiger partial charge in [0.25, 0.3) is 0 Å². The topological polar surface area (TPSA) is 105 Å². The molecule has 4 atom stereocenters. The summed E-state index contributed by atoms with van der Waals surface area (Å²) in [5.74, 6) is 2.37. The minimum absolute atomic E-state index is 0.188. The first-order valence-electron chi connectivity index (χ1n) is 12.9. The van der Waals surface area contributed by atoms with Crippen LogP contribution in [0, 0.1) is 12.8 Å². The molecular weight excluding hydrogens is 460 g/mol. The zero-order valence-corrected chi connectivity index (χ0v) is 21.3. The number of pyridine rings is 1. The van der Waals surface area contributed by atoms with E-state index >= 15 is 0 Å². The highest BCUT2D eigenvalue weighted by atomic mass is 32.1. The molecule has 0 spiro atoms. The number of aromatic nitrogens is 4. The Morgan fingerprint density at radius 1 is 1.09 bits per heavy atom. The second kappa shape index (κ2) is 9.59. The molecule has 3 aliphatic rings. The predicted octanol–water partition coefficient (Wildman–Crippen LogP) is 4.89. The number of fused-ring (bicyclic) bond motifs is 1. The number of anilines is 2. The van der Waals surface area contributed by atoms with E-state index in [4.69, 9.17) is 19.7 Å². The minimum atomic E-state index is 0.188. The predicted molar refractivity (Wildman–Crippen MR) is 139 cm³/mol. The maximum atomic E-state index is 9.65. The third kappa shape index (κ3) is 4.61. The Hall–Kier alpha value is -2.36. The second-order valence-corrected chi connectivity index (χ2v) is 11.4. The Balaban J connectivity index is 1.38. The molecule has 3 heterocycles. The summed E-state index contributed by atoms with van der Waals surface area (Å²) in [5.41, 5.74) is 4.04. The van der Waals surface area contributed by atoms with E-state index in [0.717, 1.165) is 71.8 Å². The third-order valence-electron chi connectivity index (χ3n) is 7.81. The first-order valence-corrected chi connectivity index (χ1v) is 13.8. The first-order chi connectivity index (χ1) is 17.1. The Morgan fingerprint density at radius 3 is 2.74 bits per heavy atom. The fourth-order valence-electron chi connectivity index (χ4n) is 5.74. The summed E-state index contributed by atoms with van der Waals surface area (Å²) in [4.78, 5) is 19.6. The van der Waals surface area contributed by atoms with Gasteiger partial charge in [0.15, 0.2) is 0 Å². The Bertz CT molecular complexity index is 1210. The number of aryl methyl sites for hydroxylation is 1. The van der Waals surface area contributed by atoms with E-state index in [1.165, 1.54) is 17.5 Å². The monoisotopic (exact) mass is 494 g/mol. The van der Waals surface area contributed by atoms with Crippen LogP contribution in [0.15, 0.2) is 12.3 Å². The number of thiazole rings is 1. The van der Waals surface area contributed by atoms with E-state index in [0.29, 0.717) is 17.8 Å². The summed E-state index contributed by atoms with van der Waals surface area (Å²) in [5, 5.41) is 17.9. The second-order valence-electron chi connectivity index (χ2n) is 10.4. The molecule has 0 aliphatic heterocycles. The van der Waals surface area contributed by atoms with Gasteiger partial charge in [-0.25, -0.2) is 9.97 Å². The Kier molecular flexibility index (Phi) is 6.32. The van der Waals surface area contributed by atoms with Gasteiger partial charge in [-0.05, 0) is 70.3 Å². The van der Waals surface area contributed by atoms with E-state index in [1.54, 1.807) is 18.4 Å². The number of nitrogens with one attached hydrogen (secondary N) is 2. The number of nitrogens with zero attached hydrogens (tertiary/aromatic N) is 4. The third-order valence-corrected chi connectivity index (χ3v) is 8.85. The quantitative estimate of drug-likeness (QED) is 0.407. The molecule has 3 N–H and O–H groups in total. The molecule has 3 saturated carbocycles. The van der Waals surface area contributed by atoms with E-state index in [-0.39, 0.29) is 24.8 Å². The number of hydrogen-bond donors (Lipinski definition) is 3. The van der Waals surface area contributed by atoms with Gasteiger partial charge in [-0.3, -0.25) is 4.98 Å². The zero-order chi connectivity index (χ0) is 23.9. The smallest absolute Gasteiger partial charge is 0.225 e. The van der Waals surface area contributed by atoms with Crippen LogP contribution in [-0.4, -0.2) is 56.9 Å². The van der Waals surface area contributed by atoms with E-state index in [9.17, 15) is 5.11 Å². The van der Waals surface area contributed by atoms with Crippen molar-refractivity contribution in [1.29, 1.82) is 0 Å². The molecule has 3 aliphatic carbocycles. The average molecular weight is 495 g/mol. The standard InChI is InChI=1S/C26H34N6O2S/c1-14-21(25-31-23-20(35-25)10-11-27-22(23)16-7-8-16)24(29-17-9-6-15(12-17)13-33)32-26(28-14)30-18-4-3-5-19(18)34-2/h10-11,15-19,33H,3-9,12-13H2,1-2H3,(H2,28,29,30,32). The van der Waals surface area contributed by atoms with Gasteiger partial charge in [-0.1, -0.05) is 0 Å². The van der Waals surface area contributed by atoms with Crippen molar-refractivity contribution in [3.63, 3.8) is 0 Å². The van der Waals surface area contributed by atoms with Crippen LogP contribution >= 0.6 is 11.3 Å². The molecule has 186 valence electrons. The normalized spacial score (nSPS) is 26.5. The van der Waals surface area contributed by atoms with Gasteiger partial charge < -0.3 is 20.5 Å². The van der Waals surface area contributed by atoms with Crippen molar-refractivity contribution in [2.24, 2.45) is 5.92 Å². The van der Waals surface area contributed by atoms with Crippen LogP contribution in [0.2, 0.25) is 0 Å². The van der Waals surface area contributed by atoms with Crippen LogP contribution < -0.4 is 10.6 Å². The fourth-order valence-corrected chi connectivity index (χ4v) is 6.81. The van der Waals surface area contributed by atoms with Crippen molar-refractivity contribution < 1.29 is 9.84 Å². The average Bonchev–Trinajstić information content (AvgIpc) is 3.23. The van der Waals surface area contributed by atoms with Crippen LogP contribution in [-0.2, 0) is 4.74 Å². The Morgan fingerprint density at radius 2 is 1.97 bits per heavy atom. The van der Waals surface area contributed by atoms with Crippen LogP contribution in [0.4, 0.5) is 11.8 Å². The lowest BCUT2D eigenvalue weighted by Crippen LogP contribution is -2.31. The van der Waals surface area contributed by atoms with Crippen LogP contribution in [0.1, 0.15) is 68.7 Å². The molecule has 0 radical (unpaired) electrons. The van der Waals surface area contributed by atoms with Gasteiger partial charge >= 0.3 is 0 Å². The first kappa shape index (κ1) is 23.1. The SMILES string of the molecule is COC1CCCC1Nc1nc(C)c(-c2nc3c(C4CC4)nccc3s2)c(NC2CCC(CO)C2)n1. The number of ether oxygens (including phenoxy) is 1. The van der Waals surface area contributed by atoms with Crippen molar-refractivity contribution >= 4 is 33.3 Å². The maximum Gasteiger partial charge on any atom is 0.225 e. The summed E-state index contributed by atoms with van der Waals surface area (Å²) in [6, 6.07) is 2.57. The van der Waals surface area contributed by atoms with E-state index < -0.39 is 0 Å². The molecule has 8 nitrogen and oxygen atoms in total. The van der Waals surface area contributed by atoms with Crippen molar-refractivity contribution in [3.8, 4) is 10.6 Å². The molecule has 3 fully saturated rings. The van der Waals surface area contributed by atoms with E-state index in [2.05, 4.69) is 21.7 Å². The molecule has 3 aromatic rings. The Labute approximate surface area is 210 Å².